The number of hydrogen-bond acceptors (Lipinski definition) is 5. The van der Waals surface area contributed by atoms with E-state index >= 15 is 0 Å². The number of anilines is 1. The third-order valence-electron chi connectivity index (χ3n) is 2.83. The third kappa shape index (κ3) is 2.70. The summed E-state index contributed by atoms with van der Waals surface area (Å²) >= 11 is 0. The molecule has 1 aliphatic rings. The molecular formula is C11H10F3N3O3. The lowest BCUT2D eigenvalue weighted by Gasteiger charge is -2.15. The van der Waals surface area contributed by atoms with Crippen LogP contribution in [0.5, 0.6) is 0 Å². The lowest BCUT2D eigenvalue weighted by Crippen LogP contribution is -2.28. The van der Waals surface area contributed by atoms with Crippen molar-refractivity contribution in [2.45, 2.75) is 12.6 Å². The predicted molar refractivity (Wildman–Crippen MR) is 59.5 cm³/mol. The average molecular weight is 289 g/mol. The zero-order valence-corrected chi connectivity index (χ0v) is 10.3. The van der Waals surface area contributed by atoms with Crippen LogP contribution in [0.4, 0.5) is 19.1 Å². The molecule has 0 N–H and O–H groups in total. The molecule has 6 nitrogen and oxygen atoms in total. The van der Waals surface area contributed by atoms with Gasteiger partial charge in [0.1, 0.15) is 5.69 Å². The van der Waals surface area contributed by atoms with E-state index < -0.39 is 29.7 Å². The topological polar surface area (TPSA) is 72.4 Å². The van der Waals surface area contributed by atoms with Gasteiger partial charge in [-0.25, -0.2) is 9.97 Å². The smallest absolute Gasteiger partial charge is 0.433 e. The highest BCUT2D eigenvalue weighted by Crippen LogP contribution is 2.29. The van der Waals surface area contributed by atoms with Crippen molar-refractivity contribution in [1.82, 2.24) is 9.97 Å². The van der Waals surface area contributed by atoms with Gasteiger partial charge in [-0.05, 0) is 6.07 Å². The van der Waals surface area contributed by atoms with Crippen LogP contribution in [-0.4, -0.2) is 35.5 Å². The molecule has 0 aromatic carbocycles. The van der Waals surface area contributed by atoms with Gasteiger partial charge < -0.3 is 4.74 Å². The van der Waals surface area contributed by atoms with E-state index in [4.69, 9.17) is 0 Å². The summed E-state index contributed by atoms with van der Waals surface area (Å²) in [6.45, 7) is -0.0905. The van der Waals surface area contributed by atoms with Crippen LogP contribution in [0.25, 0.3) is 0 Å². The van der Waals surface area contributed by atoms with Crippen LogP contribution >= 0.6 is 0 Å². The summed E-state index contributed by atoms with van der Waals surface area (Å²) in [6.07, 6.45) is -3.83. The van der Waals surface area contributed by atoms with E-state index in [9.17, 15) is 22.8 Å². The minimum absolute atomic E-state index is 0.0905. The number of rotatable bonds is 2. The number of hydrogen-bond donors (Lipinski definition) is 0. The first-order valence-corrected chi connectivity index (χ1v) is 5.61. The highest BCUT2D eigenvalue weighted by molar-refractivity contribution is 5.98. The highest BCUT2D eigenvalue weighted by Gasteiger charge is 2.39. The molecule has 1 amide bonds. The molecule has 1 saturated heterocycles. The maximum Gasteiger partial charge on any atom is 0.433 e. The predicted octanol–water partition coefficient (Wildman–Crippen LogP) is 1.02. The van der Waals surface area contributed by atoms with E-state index in [0.29, 0.717) is 6.07 Å². The minimum atomic E-state index is -4.62. The summed E-state index contributed by atoms with van der Waals surface area (Å²) < 4.78 is 42.1. The van der Waals surface area contributed by atoms with E-state index in [0.717, 1.165) is 11.1 Å². The Hall–Kier alpha value is -2.19. The standard InChI is InChI=1S/C11H10F3N3O3/c1-20-9(19)6-4-8(18)17(5-6)10-15-3-2-7(16-10)11(12,13)14/h2-3,6H,4-5H2,1H3. The third-order valence-corrected chi connectivity index (χ3v) is 2.83. The SMILES string of the molecule is COC(=O)C1CC(=O)N(c2nccc(C(F)(F)F)n2)C1. The number of nitrogens with zero attached hydrogens (tertiary/aromatic N) is 3. The Labute approximate surface area is 111 Å². The first kappa shape index (κ1) is 14.2. The number of ether oxygens (including phenoxy) is 1. The summed E-state index contributed by atoms with van der Waals surface area (Å²) in [5.74, 6) is -2.19. The average Bonchev–Trinajstić information content (AvgIpc) is 2.79. The van der Waals surface area contributed by atoms with E-state index in [1.54, 1.807) is 0 Å². The fourth-order valence-corrected chi connectivity index (χ4v) is 1.86. The molecule has 0 bridgehead atoms. The van der Waals surface area contributed by atoms with Gasteiger partial charge in [0.05, 0.1) is 13.0 Å². The fourth-order valence-electron chi connectivity index (χ4n) is 1.86. The van der Waals surface area contributed by atoms with Gasteiger partial charge in [-0.15, -0.1) is 0 Å². The van der Waals surface area contributed by atoms with E-state index in [-0.39, 0.29) is 18.9 Å². The van der Waals surface area contributed by atoms with Gasteiger partial charge in [-0.1, -0.05) is 0 Å². The number of carbonyl (C=O) groups is 2. The zero-order valence-electron chi connectivity index (χ0n) is 10.3. The van der Waals surface area contributed by atoms with Crippen LogP contribution in [0.3, 0.4) is 0 Å². The molecule has 1 aromatic heterocycles. The van der Waals surface area contributed by atoms with Crippen molar-refractivity contribution in [3.8, 4) is 0 Å². The monoisotopic (exact) mass is 289 g/mol. The zero-order chi connectivity index (χ0) is 14.9. The van der Waals surface area contributed by atoms with E-state index in [1.807, 2.05) is 0 Å². The summed E-state index contributed by atoms with van der Waals surface area (Å²) in [5, 5.41) is 0. The molecule has 20 heavy (non-hydrogen) atoms. The van der Waals surface area contributed by atoms with Crippen molar-refractivity contribution in [2.75, 3.05) is 18.6 Å². The summed E-state index contributed by atoms with van der Waals surface area (Å²) in [6, 6.07) is 0.710. The van der Waals surface area contributed by atoms with Gasteiger partial charge in [0, 0.05) is 19.2 Å². The molecule has 108 valence electrons. The van der Waals surface area contributed by atoms with Crippen LogP contribution in [0, 0.1) is 5.92 Å². The summed E-state index contributed by atoms with van der Waals surface area (Å²) in [4.78, 5) is 31.0. The van der Waals surface area contributed by atoms with Crippen LogP contribution in [0.1, 0.15) is 12.1 Å². The Kier molecular flexibility index (Phi) is 3.60. The van der Waals surface area contributed by atoms with Crippen molar-refractivity contribution in [2.24, 2.45) is 5.92 Å². The Bertz CT molecular complexity index is 547. The van der Waals surface area contributed by atoms with Crippen molar-refractivity contribution < 1.29 is 27.5 Å². The molecule has 1 aromatic rings. The number of aromatic nitrogens is 2. The quantitative estimate of drug-likeness (QED) is 0.760. The fraction of sp³-hybridized carbons (Fsp3) is 0.455. The number of esters is 1. The molecule has 0 aliphatic carbocycles. The first-order chi connectivity index (χ1) is 9.32. The minimum Gasteiger partial charge on any atom is -0.469 e. The lowest BCUT2D eigenvalue weighted by molar-refractivity contribution is -0.145. The van der Waals surface area contributed by atoms with Crippen molar-refractivity contribution in [3.63, 3.8) is 0 Å². The Morgan fingerprint density at radius 1 is 1.50 bits per heavy atom. The normalized spacial score (nSPS) is 19.3. The van der Waals surface area contributed by atoms with E-state index in [2.05, 4.69) is 14.7 Å². The maximum absolute atomic E-state index is 12.5. The molecule has 2 heterocycles. The van der Waals surface area contributed by atoms with Crippen molar-refractivity contribution in [3.05, 3.63) is 18.0 Å². The van der Waals surface area contributed by atoms with Gasteiger partial charge in [0.15, 0.2) is 0 Å². The Morgan fingerprint density at radius 3 is 2.80 bits per heavy atom. The summed E-state index contributed by atoms with van der Waals surface area (Å²) in [5.41, 5.74) is -1.14. The molecule has 1 unspecified atom stereocenters. The van der Waals surface area contributed by atoms with Gasteiger partial charge in [0.25, 0.3) is 0 Å². The largest absolute Gasteiger partial charge is 0.469 e. The molecule has 1 aliphatic heterocycles. The lowest BCUT2D eigenvalue weighted by atomic mass is 10.1. The van der Waals surface area contributed by atoms with Crippen LogP contribution in [0.15, 0.2) is 12.3 Å². The first-order valence-electron chi connectivity index (χ1n) is 5.61. The second-order valence-corrected chi connectivity index (χ2v) is 4.17. The van der Waals surface area contributed by atoms with Gasteiger partial charge >= 0.3 is 12.1 Å². The number of amides is 1. The Balaban J connectivity index is 2.24. The van der Waals surface area contributed by atoms with Crippen LogP contribution < -0.4 is 4.90 Å². The maximum atomic E-state index is 12.5. The summed E-state index contributed by atoms with van der Waals surface area (Å²) in [7, 11) is 1.18. The highest BCUT2D eigenvalue weighted by atomic mass is 19.4. The van der Waals surface area contributed by atoms with Gasteiger partial charge in [-0.3, -0.25) is 14.5 Å². The van der Waals surface area contributed by atoms with Crippen LogP contribution in [-0.2, 0) is 20.5 Å². The molecule has 0 spiro atoms. The second kappa shape index (κ2) is 5.06. The Morgan fingerprint density at radius 2 is 2.20 bits per heavy atom. The molecule has 0 saturated carbocycles. The molecule has 1 atom stereocenters. The van der Waals surface area contributed by atoms with Gasteiger partial charge in [-0.2, -0.15) is 13.2 Å². The van der Waals surface area contributed by atoms with E-state index in [1.165, 1.54) is 7.11 Å². The second-order valence-electron chi connectivity index (χ2n) is 4.17. The van der Waals surface area contributed by atoms with Gasteiger partial charge in [0.2, 0.25) is 11.9 Å². The molecule has 1 fully saturated rings. The number of carbonyl (C=O) groups excluding carboxylic acids is 2. The van der Waals surface area contributed by atoms with Crippen molar-refractivity contribution in [1.29, 1.82) is 0 Å². The molecule has 9 heteroatoms. The van der Waals surface area contributed by atoms with Crippen molar-refractivity contribution >= 4 is 17.8 Å². The number of halogens is 3. The molecule has 2 rings (SSSR count). The molecule has 0 radical (unpaired) electrons. The number of methoxy groups -OCH3 is 1. The number of alkyl halides is 3. The van der Waals surface area contributed by atoms with Crippen LogP contribution in [0.2, 0.25) is 0 Å². The molecular weight excluding hydrogens is 279 g/mol.